The van der Waals surface area contributed by atoms with Crippen molar-refractivity contribution in [2.24, 2.45) is 0 Å². The summed E-state index contributed by atoms with van der Waals surface area (Å²) in [4.78, 5) is 22.2. The Morgan fingerprint density at radius 1 is 1.29 bits per heavy atom. The van der Waals surface area contributed by atoms with Crippen LogP contribution in [-0.4, -0.2) is 25.0 Å². The molecule has 3 rings (SSSR count). The Hall–Kier alpha value is -3.36. The Bertz CT molecular complexity index is 802. The molecular formula is C12H8N6O3. The van der Waals surface area contributed by atoms with Crippen LogP contribution in [0.25, 0.3) is 23.0 Å². The van der Waals surface area contributed by atoms with Crippen LogP contribution < -0.4 is 5.73 Å². The van der Waals surface area contributed by atoms with Gasteiger partial charge < -0.3 is 10.3 Å². The number of benzene rings is 1. The van der Waals surface area contributed by atoms with Gasteiger partial charge in [-0.2, -0.15) is 4.98 Å². The molecule has 3 aromatic rings. The topological polar surface area (TPSA) is 134 Å². The molecule has 0 bridgehead atoms. The molecule has 2 heterocycles. The molecule has 0 saturated heterocycles. The molecule has 1 aromatic carbocycles. The van der Waals surface area contributed by atoms with Crippen molar-refractivity contribution in [2.75, 3.05) is 5.73 Å². The third kappa shape index (κ3) is 2.39. The molecular weight excluding hydrogens is 276 g/mol. The fourth-order valence-corrected chi connectivity index (χ4v) is 1.70. The Morgan fingerprint density at radius 2 is 2.14 bits per heavy atom. The molecule has 0 saturated carbocycles. The summed E-state index contributed by atoms with van der Waals surface area (Å²) in [6, 6.07) is 5.90. The van der Waals surface area contributed by atoms with E-state index in [1.165, 1.54) is 18.5 Å². The maximum Gasteiger partial charge on any atom is 0.292 e. The van der Waals surface area contributed by atoms with Gasteiger partial charge in [0.2, 0.25) is 5.82 Å². The number of nitrogens with zero attached hydrogens (tertiary/aromatic N) is 5. The summed E-state index contributed by atoms with van der Waals surface area (Å²) in [5, 5.41) is 14.7. The summed E-state index contributed by atoms with van der Waals surface area (Å²) in [6.07, 6.45) is 2.91. The number of hydrogen-bond acceptors (Lipinski definition) is 8. The van der Waals surface area contributed by atoms with Gasteiger partial charge in [-0.3, -0.25) is 10.1 Å². The van der Waals surface area contributed by atoms with Crippen LogP contribution in [0.2, 0.25) is 0 Å². The Balaban J connectivity index is 2.01. The van der Waals surface area contributed by atoms with Crippen LogP contribution in [0, 0.1) is 10.1 Å². The van der Waals surface area contributed by atoms with Crippen LogP contribution in [0.1, 0.15) is 0 Å². The van der Waals surface area contributed by atoms with E-state index < -0.39 is 4.92 Å². The van der Waals surface area contributed by atoms with Gasteiger partial charge in [0.05, 0.1) is 4.92 Å². The molecule has 9 heteroatoms. The SMILES string of the molecule is Nc1ccc(-c2nc(-c3ccncn3)no2)cc1[N+](=O)[O-]. The predicted octanol–water partition coefficient (Wildman–Crippen LogP) is 1.68. The lowest BCUT2D eigenvalue weighted by atomic mass is 10.2. The van der Waals surface area contributed by atoms with Gasteiger partial charge in [0.1, 0.15) is 17.7 Å². The second-order valence-electron chi connectivity index (χ2n) is 4.05. The maximum atomic E-state index is 10.9. The normalized spacial score (nSPS) is 10.5. The molecule has 0 spiro atoms. The molecule has 0 aliphatic rings. The summed E-state index contributed by atoms with van der Waals surface area (Å²) in [7, 11) is 0. The van der Waals surface area contributed by atoms with E-state index >= 15 is 0 Å². The van der Waals surface area contributed by atoms with Crippen LogP contribution in [0.5, 0.6) is 0 Å². The lowest BCUT2D eigenvalue weighted by Gasteiger charge is -1.98. The lowest BCUT2D eigenvalue weighted by Crippen LogP contribution is -1.95. The quantitative estimate of drug-likeness (QED) is 0.436. The van der Waals surface area contributed by atoms with Crippen LogP contribution in [0.15, 0.2) is 41.3 Å². The van der Waals surface area contributed by atoms with Gasteiger partial charge in [-0.1, -0.05) is 5.16 Å². The van der Waals surface area contributed by atoms with Gasteiger partial charge >= 0.3 is 0 Å². The number of anilines is 1. The van der Waals surface area contributed by atoms with Crippen LogP contribution in [0.4, 0.5) is 11.4 Å². The Kier molecular flexibility index (Phi) is 2.99. The predicted molar refractivity (Wildman–Crippen MR) is 71.8 cm³/mol. The highest BCUT2D eigenvalue weighted by Gasteiger charge is 2.17. The average molecular weight is 284 g/mol. The lowest BCUT2D eigenvalue weighted by molar-refractivity contribution is -0.383. The van der Waals surface area contributed by atoms with E-state index in [-0.39, 0.29) is 23.1 Å². The standard InChI is InChI=1S/C12H8N6O3/c13-8-2-1-7(5-10(8)18(19)20)12-16-11(17-21-12)9-3-4-14-6-15-9/h1-6H,13H2. The first kappa shape index (κ1) is 12.7. The Labute approximate surface area is 117 Å². The summed E-state index contributed by atoms with van der Waals surface area (Å²) >= 11 is 0. The molecule has 2 aromatic heterocycles. The molecule has 9 nitrogen and oxygen atoms in total. The monoisotopic (exact) mass is 284 g/mol. The van der Waals surface area contributed by atoms with Crippen LogP contribution in [0.3, 0.4) is 0 Å². The first-order valence-corrected chi connectivity index (χ1v) is 5.79. The van der Waals surface area contributed by atoms with Gasteiger partial charge in [-0.25, -0.2) is 9.97 Å². The minimum atomic E-state index is -0.569. The highest BCUT2D eigenvalue weighted by Crippen LogP contribution is 2.28. The number of nitro benzene ring substituents is 1. The van der Waals surface area contributed by atoms with Crippen molar-refractivity contribution in [3.05, 3.63) is 46.9 Å². The van der Waals surface area contributed by atoms with Crippen molar-refractivity contribution in [1.29, 1.82) is 0 Å². The second kappa shape index (κ2) is 4.96. The zero-order valence-electron chi connectivity index (χ0n) is 10.5. The highest BCUT2D eigenvalue weighted by molar-refractivity contribution is 5.68. The fourth-order valence-electron chi connectivity index (χ4n) is 1.70. The molecule has 21 heavy (non-hydrogen) atoms. The van der Waals surface area contributed by atoms with Crippen molar-refractivity contribution >= 4 is 11.4 Å². The van der Waals surface area contributed by atoms with E-state index in [2.05, 4.69) is 20.1 Å². The molecule has 0 aliphatic carbocycles. The van der Waals surface area contributed by atoms with Gasteiger partial charge in [0.15, 0.2) is 0 Å². The summed E-state index contributed by atoms with van der Waals surface area (Å²) in [5.41, 5.74) is 6.29. The maximum absolute atomic E-state index is 10.9. The minimum Gasteiger partial charge on any atom is -0.393 e. The van der Waals surface area contributed by atoms with E-state index in [4.69, 9.17) is 10.3 Å². The van der Waals surface area contributed by atoms with Gasteiger partial charge in [0.25, 0.3) is 11.6 Å². The molecule has 0 radical (unpaired) electrons. The molecule has 2 N–H and O–H groups in total. The number of hydrogen-bond donors (Lipinski definition) is 1. The highest BCUT2D eigenvalue weighted by atomic mass is 16.6. The fraction of sp³-hybridized carbons (Fsp3) is 0. The summed E-state index contributed by atoms with van der Waals surface area (Å²) in [5.74, 6) is 0.415. The number of nitro groups is 1. The summed E-state index contributed by atoms with van der Waals surface area (Å²) in [6.45, 7) is 0. The van der Waals surface area contributed by atoms with Gasteiger partial charge in [-0.05, 0) is 18.2 Å². The number of nitrogens with two attached hydrogens (primary N) is 1. The molecule has 0 fully saturated rings. The van der Waals surface area contributed by atoms with E-state index in [9.17, 15) is 10.1 Å². The van der Waals surface area contributed by atoms with Gasteiger partial charge in [-0.15, -0.1) is 0 Å². The van der Waals surface area contributed by atoms with Crippen LogP contribution >= 0.6 is 0 Å². The average Bonchev–Trinajstić information content (AvgIpc) is 2.98. The number of nitrogen functional groups attached to an aromatic ring is 1. The van der Waals surface area contributed by atoms with Crippen molar-refractivity contribution in [1.82, 2.24) is 20.1 Å². The van der Waals surface area contributed by atoms with Crippen molar-refractivity contribution in [3.63, 3.8) is 0 Å². The molecule has 0 atom stereocenters. The van der Waals surface area contributed by atoms with Crippen molar-refractivity contribution in [3.8, 4) is 23.0 Å². The zero-order valence-corrected chi connectivity index (χ0v) is 10.5. The minimum absolute atomic E-state index is 0.0688. The second-order valence-corrected chi connectivity index (χ2v) is 4.05. The number of aromatic nitrogens is 4. The first-order chi connectivity index (χ1) is 10.1. The summed E-state index contributed by atoms with van der Waals surface area (Å²) < 4.78 is 5.09. The van der Waals surface area contributed by atoms with E-state index in [0.29, 0.717) is 11.3 Å². The molecule has 0 amide bonds. The third-order valence-corrected chi connectivity index (χ3v) is 2.71. The smallest absolute Gasteiger partial charge is 0.292 e. The van der Waals surface area contributed by atoms with Crippen molar-refractivity contribution in [2.45, 2.75) is 0 Å². The Morgan fingerprint density at radius 3 is 2.86 bits per heavy atom. The van der Waals surface area contributed by atoms with Gasteiger partial charge in [0, 0.05) is 17.8 Å². The van der Waals surface area contributed by atoms with Crippen molar-refractivity contribution < 1.29 is 9.45 Å². The number of rotatable bonds is 3. The van der Waals surface area contributed by atoms with E-state index in [1.807, 2.05) is 0 Å². The van der Waals surface area contributed by atoms with E-state index in [1.54, 1.807) is 18.3 Å². The van der Waals surface area contributed by atoms with Crippen LogP contribution in [-0.2, 0) is 0 Å². The first-order valence-electron chi connectivity index (χ1n) is 5.79. The zero-order chi connectivity index (χ0) is 14.8. The molecule has 0 unspecified atom stereocenters. The molecule has 0 aliphatic heterocycles. The molecule has 104 valence electrons. The third-order valence-electron chi connectivity index (χ3n) is 2.71. The van der Waals surface area contributed by atoms with E-state index in [0.717, 1.165) is 0 Å². The largest absolute Gasteiger partial charge is 0.393 e.